The molecule has 0 aliphatic rings. The summed E-state index contributed by atoms with van der Waals surface area (Å²) in [5.74, 6) is -2.11. The largest absolute Gasteiger partial charge is 0.480 e. The van der Waals surface area contributed by atoms with Gasteiger partial charge in [0, 0.05) is 12.3 Å². The predicted molar refractivity (Wildman–Crippen MR) is 77.2 cm³/mol. The Morgan fingerprint density at radius 3 is 2.57 bits per heavy atom. The standard InChI is InChI=1S/C9H18N6O5S/c10-5(4-21)7(16)13-6(8(17)18)2-1-3-12-9(11)14-15(19)20/h5-6,21H,1-4,10H2,(H,13,16)(H,17,18)(H3,11,12,14)/t5-,6?/m0/s1. The van der Waals surface area contributed by atoms with Crippen LogP contribution in [0.3, 0.4) is 0 Å². The van der Waals surface area contributed by atoms with E-state index in [4.69, 9.17) is 16.6 Å². The first-order valence-electron chi connectivity index (χ1n) is 5.89. The first kappa shape index (κ1) is 18.9. The smallest absolute Gasteiger partial charge is 0.326 e. The van der Waals surface area contributed by atoms with Gasteiger partial charge in [-0.05, 0) is 12.8 Å². The van der Waals surface area contributed by atoms with Gasteiger partial charge in [-0.3, -0.25) is 4.79 Å². The Morgan fingerprint density at radius 1 is 1.48 bits per heavy atom. The monoisotopic (exact) mass is 322 g/mol. The first-order valence-corrected chi connectivity index (χ1v) is 6.53. The number of guanidine groups is 1. The topological polar surface area (TPSA) is 186 Å². The number of hydrogen-bond acceptors (Lipinski definition) is 6. The number of amides is 1. The van der Waals surface area contributed by atoms with E-state index in [1.807, 2.05) is 0 Å². The molecule has 0 aliphatic heterocycles. The van der Waals surface area contributed by atoms with Crippen molar-refractivity contribution in [1.82, 2.24) is 10.6 Å². The molecule has 0 aromatic carbocycles. The Balaban J connectivity index is 4.21. The Hall–Kier alpha value is -2.08. The van der Waals surface area contributed by atoms with E-state index in [1.54, 1.807) is 0 Å². The lowest BCUT2D eigenvalue weighted by atomic mass is 10.1. The van der Waals surface area contributed by atoms with Gasteiger partial charge in [0.15, 0.2) is 5.03 Å². The van der Waals surface area contributed by atoms with Gasteiger partial charge in [-0.2, -0.15) is 12.6 Å². The Labute approximate surface area is 125 Å². The number of nitrogens with zero attached hydrogens (tertiary/aromatic N) is 2. The third kappa shape index (κ3) is 8.65. The van der Waals surface area contributed by atoms with Crippen LogP contribution >= 0.6 is 12.6 Å². The van der Waals surface area contributed by atoms with Crippen molar-refractivity contribution in [3.8, 4) is 0 Å². The fourth-order valence-corrected chi connectivity index (χ4v) is 1.43. The number of hydrazone groups is 1. The normalized spacial score (nSPS) is 14.1. The van der Waals surface area contributed by atoms with Gasteiger partial charge < -0.3 is 27.2 Å². The molecular formula is C9H18N6O5S. The number of nitrogens with two attached hydrogens (primary N) is 2. The van der Waals surface area contributed by atoms with Crippen molar-refractivity contribution >= 4 is 30.5 Å². The number of rotatable bonds is 9. The van der Waals surface area contributed by atoms with Crippen LogP contribution in [0.4, 0.5) is 0 Å². The molecule has 1 unspecified atom stereocenters. The zero-order chi connectivity index (χ0) is 16.4. The van der Waals surface area contributed by atoms with E-state index >= 15 is 0 Å². The second kappa shape index (κ2) is 9.77. The highest BCUT2D eigenvalue weighted by atomic mass is 32.1. The van der Waals surface area contributed by atoms with Crippen LogP contribution in [0.25, 0.3) is 0 Å². The van der Waals surface area contributed by atoms with Crippen LogP contribution in [0.15, 0.2) is 5.10 Å². The van der Waals surface area contributed by atoms with Gasteiger partial charge in [0.1, 0.15) is 11.1 Å². The van der Waals surface area contributed by atoms with E-state index in [0.717, 1.165) is 0 Å². The van der Waals surface area contributed by atoms with Crippen LogP contribution in [0.5, 0.6) is 0 Å². The molecule has 0 saturated heterocycles. The molecule has 0 saturated carbocycles. The lowest BCUT2D eigenvalue weighted by molar-refractivity contribution is -0.485. The summed E-state index contributed by atoms with van der Waals surface area (Å²) < 4.78 is 0. The van der Waals surface area contributed by atoms with Gasteiger partial charge >= 0.3 is 5.97 Å². The summed E-state index contributed by atoms with van der Waals surface area (Å²) in [7, 11) is 0. The average molecular weight is 322 g/mol. The van der Waals surface area contributed by atoms with Gasteiger partial charge in [0.2, 0.25) is 5.91 Å². The van der Waals surface area contributed by atoms with Gasteiger partial charge in [0.05, 0.1) is 6.04 Å². The van der Waals surface area contributed by atoms with Crippen LogP contribution in [0, 0.1) is 10.1 Å². The molecule has 12 heteroatoms. The van der Waals surface area contributed by atoms with Crippen LogP contribution in [-0.4, -0.2) is 52.4 Å². The lowest BCUT2D eigenvalue weighted by Crippen LogP contribution is -2.49. The maximum atomic E-state index is 11.5. The lowest BCUT2D eigenvalue weighted by Gasteiger charge is -2.16. The minimum Gasteiger partial charge on any atom is -0.480 e. The number of hydrogen-bond donors (Lipinski definition) is 6. The van der Waals surface area contributed by atoms with Crippen LogP contribution in [0.1, 0.15) is 12.8 Å². The Bertz CT molecular complexity index is 417. The summed E-state index contributed by atoms with van der Waals surface area (Å²) in [6, 6.07) is -2.00. The molecule has 0 aromatic rings. The molecule has 0 fully saturated rings. The summed E-state index contributed by atoms with van der Waals surface area (Å²) in [5, 5.41) is 25.5. The minimum atomic E-state index is -1.21. The summed E-state index contributed by atoms with van der Waals surface area (Å²) >= 11 is 3.84. The molecule has 1 amide bonds. The van der Waals surface area contributed by atoms with E-state index in [2.05, 4.69) is 28.4 Å². The van der Waals surface area contributed by atoms with Crippen molar-refractivity contribution in [1.29, 1.82) is 0 Å². The number of carboxylic acid groups (broad SMARTS) is 1. The number of carbonyl (C=O) groups excluding carboxylic acids is 1. The van der Waals surface area contributed by atoms with E-state index in [1.165, 1.54) is 0 Å². The molecule has 7 N–H and O–H groups in total. The summed E-state index contributed by atoms with van der Waals surface area (Å²) in [4.78, 5) is 32.5. The summed E-state index contributed by atoms with van der Waals surface area (Å²) in [5.41, 5.74) is 10.6. The molecule has 0 radical (unpaired) electrons. The van der Waals surface area contributed by atoms with Crippen molar-refractivity contribution in [2.75, 3.05) is 12.3 Å². The highest BCUT2D eigenvalue weighted by molar-refractivity contribution is 7.80. The number of aliphatic carboxylic acids is 1. The first-order chi connectivity index (χ1) is 9.77. The van der Waals surface area contributed by atoms with Crippen molar-refractivity contribution in [3.05, 3.63) is 10.1 Å². The number of thiol groups is 1. The molecule has 2 atom stereocenters. The molecule has 0 spiro atoms. The van der Waals surface area contributed by atoms with E-state index in [-0.39, 0.29) is 24.7 Å². The molecular weight excluding hydrogens is 304 g/mol. The fourth-order valence-electron chi connectivity index (χ4n) is 1.27. The molecule has 120 valence electrons. The zero-order valence-corrected chi connectivity index (χ0v) is 12.0. The van der Waals surface area contributed by atoms with E-state index < -0.39 is 29.0 Å². The number of carboxylic acids is 1. The third-order valence-electron chi connectivity index (χ3n) is 2.31. The van der Waals surface area contributed by atoms with Crippen molar-refractivity contribution in [3.63, 3.8) is 0 Å². The molecule has 0 bridgehead atoms. The van der Waals surface area contributed by atoms with Gasteiger partial charge in [-0.1, -0.05) is 0 Å². The SMILES string of the molecule is N/C(=N\[N+](=O)[O-])NCCCC(NC(=O)[C@@H](N)CS)C(=O)O. The van der Waals surface area contributed by atoms with Gasteiger partial charge in [-0.25, -0.2) is 14.9 Å². The number of nitrogens with one attached hydrogen (secondary N) is 2. The van der Waals surface area contributed by atoms with Crippen LogP contribution < -0.4 is 22.1 Å². The maximum Gasteiger partial charge on any atom is 0.326 e. The molecule has 0 heterocycles. The second-order valence-corrected chi connectivity index (χ2v) is 4.35. The Morgan fingerprint density at radius 2 is 2.10 bits per heavy atom. The van der Waals surface area contributed by atoms with Gasteiger partial charge in [0.25, 0.3) is 5.96 Å². The van der Waals surface area contributed by atoms with Gasteiger partial charge in [-0.15, -0.1) is 0 Å². The summed E-state index contributed by atoms with van der Waals surface area (Å²) in [6.45, 7) is 0.168. The van der Waals surface area contributed by atoms with Crippen molar-refractivity contribution in [2.24, 2.45) is 16.6 Å². The molecule has 0 aromatic heterocycles. The second-order valence-electron chi connectivity index (χ2n) is 3.98. The quantitative estimate of drug-likeness (QED) is 0.0682. The zero-order valence-electron chi connectivity index (χ0n) is 11.1. The van der Waals surface area contributed by atoms with Crippen molar-refractivity contribution in [2.45, 2.75) is 24.9 Å². The summed E-state index contributed by atoms with van der Waals surface area (Å²) in [6.07, 6.45) is 0.389. The molecule has 11 nitrogen and oxygen atoms in total. The third-order valence-corrected chi connectivity index (χ3v) is 2.71. The van der Waals surface area contributed by atoms with E-state index in [0.29, 0.717) is 6.42 Å². The number of carbonyl (C=O) groups is 2. The van der Waals surface area contributed by atoms with Crippen LogP contribution in [0.2, 0.25) is 0 Å². The predicted octanol–water partition coefficient (Wildman–Crippen LogP) is -2.31. The minimum absolute atomic E-state index is 0.0909. The molecule has 0 rings (SSSR count). The average Bonchev–Trinajstić information content (AvgIpc) is 2.39. The molecule has 21 heavy (non-hydrogen) atoms. The Kier molecular flexibility index (Phi) is 8.80. The van der Waals surface area contributed by atoms with Crippen LogP contribution in [-0.2, 0) is 9.59 Å². The molecule has 0 aliphatic carbocycles. The van der Waals surface area contributed by atoms with E-state index in [9.17, 15) is 19.7 Å². The number of nitro groups is 1. The van der Waals surface area contributed by atoms with Crippen molar-refractivity contribution < 1.29 is 19.7 Å². The maximum absolute atomic E-state index is 11.5. The highest BCUT2D eigenvalue weighted by Crippen LogP contribution is 1.98. The highest BCUT2D eigenvalue weighted by Gasteiger charge is 2.22. The fraction of sp³-hybridized carbons (Fsp3) is 0.667.